The molecule has 4 heteroatoms. The first-order valence-corrected chi connectivity index (χ1v) is 7.19. The van der Waals surface area contributed by atoms with Crippen molar-refractivity contribution in [3.05, 3.63) is 39.3 Å². The van der Waals surface area contributed by atoms with Gasteiger partial charge >= 0.3 is 0 Å². The number of aryl methyl sites for hydroxylation is 3. The number of rotatable bonds is 5. The predicted octanol–water partition coefficient (Wildman–Crippen LogP) is 3.58. The van der Waals surface area contributed by atoms with Crippen molar-refractivity contribution in [3.63, 3.8) is 0 Å². The van der Waals surface area contributed by atoms with E-state index in [1.165, 1.54) is 16.8 Å². The van der Waals surface area contributed by atoms with Gasteiger partial charge in [-0.3, -0.25) is 0 Å². The van der Waals surface area contributed by atoms with Crippen LogP contribution in [0.3, 0.4) is 0 Å². The van der Waals surface area contributed by atoms with E-state index in [1.807, 2.05) is 0 Å². The Bertz CT molecular complexity index is 520. The van der Waals surface area contributed by atoms with E-state index in [1.54, 1.807) is 11.3 Å². The molecule has 2 rings (SSSR count). The first-order chi connectivity index (χ1) is 8.74. The Morgan fingerprint density at radius 1 is 1.11 bits per heavy atom. The molecule has 2 aromatic rings. The van der Waals surface area contributed by atoms with E-state index >= 15 is 0 Å². The molecule has 0 radical (unpaired) electrons. The molecule has 96 valence electrons. The van der Waals surface area contributed by atoms with Gasteiger partial charge in [0.05, 0.1) is 6.54 Å². The van der Waals surface area contributed by atoms with Crippen LogP contribution in [-0.2, 0) is 19.4 Å². The average Bonchev–Trinajstić information content (AvgIpc) is 2.85. The zero-order valence-electron chi connectivity index (χ0n) is 11.2. The lowest BCUT2D eigenvalue weighted by Gasteiger charge is -2.12. The molecule has 1 aromatic carbocycles. The number of para-hydroxylation sites is 1. The Hall–Kier alpha value is -1.42. The van der Waals surface area contributed by atoms with Crippen LogP contribution < -0.4 is 5.32 Å². The summed E-state index contributed by atoms with van der Waals surface area (Å²) in [4.78, 5) is 0. The molecule has 0 fully saturated rings. The first-order valence-electron chi connectivity index (χ1n) is 6.38. The van der Waals surface area contributed by atoms with Gasteiger partial charge in [-0.05, 0) is 30.9 Å². The topological polar surface area (TPSA) is 37.8 Å². The van der Waals surface area contributed by atoms with Crippen molar-refractivity contribution in [3.8, 4) is 0 Å². The van der Waals surface area contributed by atoms with Gasteiger partial charge in [-0.2, -0.15) is 0 Å². The van der Waals surface area contributed by atoms with Crippen LogP contribution in [0.4, 0.5) is 5.69 Å². The maximum absolute atomic E-state index is 4.19. The van der Waals surface area contributed by atoms with Crippen molar-refractivity contribution in [2.24, 2.45) is 0 Å². The fourth-order valence-electron chi connectivity index (χ4n) is 1.94. The molecule has 0 amide bonds. The van der Waals surface area contributed by atoms with Gasteiger partial charge in [0.2, 0.25) is 0 Å². The highest BCUT2D eigenvalue weighted by atomic mass is 32.1. The third-order valence-corrected chi connectivity index (χ3v) is 4.04. The van der Waals surface area contributed by atoms with E-state index in [9.17, 15) is 0 Å². The average molecular weight is 261 g/mol. The Balaban J connectivity index is 2.10. The van der Waals surface area contributed by atoms with Gasteiger partial charge < -0.3 is 5.32 Å². The standard InChI is InChI=1S/C14H19N3S/c1-4-11-8-6-7-10(3)14(11)15-9-13-17-16-12(5-2)18-13/h6-8,15H,4-5,9H2,1-3H3. The van der Waals surface area contributed by atoms with Gasteiger partial charge in [0.25, 0.3) is 0 Å². The summed E-state index contributed by atoms with van der Waals surface area (Å²) < 4.78 is 0. The van der Waals surface area contributed by atoms with Crippen molar-refractivity contribution in [2.75, 3.05) is 5.32 Å². The maximum Gasteiger partial charge on any atom is 0.136 e. The lowest BCUT2D eigenvalue weighted by molar-refractivity contribution is 0.937. The second-order valence-corrected chi connectivity index (χ2v) is 5.41. The van der Waals surface area contributed by atoms with Crippen molar-refractivity contribution in [2.45, 2.75) is 40.2 Å². The highest BCUT2D eigenvalue weighted by molar-refractivity contribution is 7.11. The highest BCUT2D eigenvalue weighted by Gasteiger charge is 2.06. The van der Waals surface area contributed by atoms with E-state index in [4.69, 9.17) is 0 Å². The molecule has 0 aliphatic rings. The second-order valence-electron chi connectivity index (χ2n) is 4.26. The molecule has 0 aliphatic carbocycles. The number of benzene rings is 1. The summed E-state index contributed by atoms with van der Waals surface area (Å²) in [5.41, 5.74) is 3.89. The molecule has 1 aromatic heterocycles. The number of hydrogen-bond donors (Lipinski definition) is 1. The van der Waals surface area contributed by atoms with E-state index in [0.717, 1.165) is 29.4 Å². The Morgan fingerprint density at radius 3 is 2.56 bits per heavy atom. The second kappa shape index (κ2) is 5.96. The number of nitrogens with zero attached hydrogens (tertiary/aromatic N) is 2. The summed E-state index contributed by atoms with van der Waals surface area (Å²) in [5.74, 6) is 0. The van der Waals surface area contributed by atoms with Crippen molar-refractivity contribution in [1.82, 2.24) is 10.2 Å². The fourth-order valence-corrected chi connectivity index (χ4v) is 2.67. The van der Waals surface area contributed by atoms with Gasteiger partial charge in [0, 0.05) is 5.69 Å². The summed E-state index contributed by atoms with van der Waals surface area (Å²) in [6.45, 7) is 7.18. The molecule has 0 saturated carbocycles. The van der Waals surface area contributed by atoms with Gasteiger partial charge in [-0.1, -0.05) is 43.4 Å². The highest BCUT2D eigenvalue weighted by Crippen LogP contribution is 2.22. The van der Waals surface area contributed by atoms with Crippen molar-refractivity contribution < 1.29 is 0 Å². The molecule has 0 saturated heterocycles. The van der Waals surface area contributed by atoms with E-state index < -0.39 is 0 Å². The Labute approximate surface area is 112 Å². The molecular weight excluding hydrogens is 242 g/mol. The van der Waals surface area contributed by atoms with E-state index in [-0.39, 0.29) is 0 Å². The molecule has 1 heterocycles. The van der Waals surface area contributed by atoms with Crippen LogP contribution in [0.25, 0.3) is 0 Å². The molecule has 3 nitrogen and oxygen atoms in total. The first kappa shape index (κ1) is 13.0. The summed E-state index contributed by atoms with van der Waals surface area (Å²) in [6.07, 6.45) is 2.00. The zero-order chi connectivity index (χ0) is 13.0. The largest absolute Gasteiger partial charge is 0.378 e. The third-order valence-electron chi connectivity index (χ3n) is 2.97. The minimum absolute atomic E-state index is 0.759. The van der Waals surface area contributed by atoms with Crippen LogP contribution in [0.5, 0.6) is 0 Å². The lowest BCUT2D eigenvalue weighted by Crippen LogP contribution is -2.03. The number of hydrogen-bond acceptors (Lipinski definition) is 4. The number of nitrogens with one attached hydrogen (secondary N) is 1. The van der Waals surface area contributed by atoms with Gasteiger partial charge in [-0.25, -0.2) is 0 Å². The summed E-state index contributed by atoms with van der Waals surface area (Å²) in [5, 5.41) is 14.0. The van der Waals surface area contributed by atoms with Crippen LogP contribution in [0.1, 0.15) is 35.0 Å². The molecule has 0 atom stereocenters. The molecule has 0 aliphatic heterocycles. The molecule has 0 bridgehead atoms. The summed E-state index contributed by atoms with van der Waals surface area (Å²) in [7, 11) is 0. The summed E-state index contributed by atoms with van der Waals surface area (Å²) in [6, 6.07) is 6.42. The number of anilines is 1. The maximum atomic E-state index is 4.19. The van der Waals surface area contributed by atoms with Crippen molar-refractivity contribution >= 4 is 17.0 Å². The van der Waals surface area contributed by atoms with Crippen LogP contribution in [0, 0.1) is 6.92 Å². The zero-order valence-corrected chi connectivity index (χ0v) is 12.0. The van der Waals surface area contributed by atoms with Crippen LogP contribution in [0.15, 0.2) is 18.2 Å². The molecule has 0 unspecified atom stereocenters. The summed E-state index contributed by atoms with van der Waals surface area (Å²) >= 11 is 1.69. The van der Waals surface area contributed by atoms with Gasteiger partial charge in [0.1, 0.15) is 10.0 Å². The Morgan fingerprint density at radius 2 is 1.89 bits per heavy atom. The predicted molar refractivity (Wildman–Crippen MR) is 77.2 cm³/mol. The monoisotopic (exact) mass is 261 g/mol. The lowest BCUT2D eigenvalue weighted by atomic mass is 10.1. The third kappa shape index (κ3) is 2.88. The SMILES string of the molecule is CCc1nnc(CNc2c(C)cccc2CC)s1. The molecule has 1 N–H and O–H groups in total. The van der Waals surface area contributed by atoms with Gasteiger partial charge in [0.15, 0.2) is 0 Å². The Kier molecular flexibility index (Phi) is 4.31. The minimum atomic E-state index is 0.759. The van der Waals surface area contributed by atoms with Crippen LogP contribution >= 0.6 is 11.3 Å². The number of aromatic nitrogens is 2. The fraction of sp³-hybridized carbons (Fsp3) is 0.429. The van der Waals surface area contributed by atoms with E-state index in [0.29, 0.717) is 0 Å². The quantitative estimate of drug-likeness (QED) is 0.894. The molecule has 0 spiro atoms. The molecular formula is C14H19N3S. The van der Waals surface area contributed by atoms with E-state index in [2.05, 4.69) is 54.5 Å². The normalized spacial score (nSPS) is 10.6. The van der Waals surface area contributed by atoms with Gasteiger partial charge in [-0.15, -0.1) is 10.2 Å². The molecule has 18 heavy (non-hydrogen) atoms. The van der Waals surface area contributed by atoms with Crippen molar-refractivity contribution in [1.29, 1.82) is 0 Å². The van der Waals surface area contributed by atoms with Crippen LogP contribution in [0.2, 0.25) is 0 Å². The minimum Gasteiger partial charge on any atom is -0.378 e. The van der Waals surface area contributed by atoms with Crippen LogP contribution in [-0.4, -0.2) is 10.2 Å². The smallest absolute Gasteiger partial charge is 0.136 e.